The van der Waals surface area contributed by atoms with Crippen LogP contribution in [0.1, 0.15) is 34.1 Å². The van der Waals surface area contributed by atoms with Gasteiger partial charge in [0.2, 0.25) is 0 Å². The molecule has 1 heterocycles. The molecule has 1 saturated heterocycles. The number of hydrogen-bond donors (Lipinski definition) is 0. The SMILES string of the molecule is CC[C@H]1OC(C(C)C)O[C@@H]1C. The number of hydrogen-bond acceptors (Lipinski definition) is 2. The van der Waals surface area contributed by atoms with Crippen molar-refractivity contribution in [3.63, 3.8) is 0 Å². The average molecular weight is 158 g/mol. The van der Waals surface area contributed by atoms with Crippen molar-refractivity contribution in [2.75, 3.05) is 0 Å². The molecule has 66 valence electrons. The lowest BCUT2D eigenvalue weighted by Crippen LogP contribution is -2.17. The standard InChI is InChI=1S/C9H18O2/c1-5-8-7(4)10-9(11-8)6(2)3/h6-9H,5H2,1-4H3/t7-,8-,9?/m1/s1. The zero-order valence-corrected chi connectivity index (χ0v) is 7.83. The lowest BCUT2D eigenvalue weighted by Gasteiger charge is -2.13. The predicted molar refractivity (Wildman–Crippen MR) is 44.3 cm³/mol. The van der Waals surface area contributed by atoms with Crippen LogP contribution in [-0.4, -0.2) is 18.5 Å². The van der Waals surface area contributed by atoms with E-state index >= 15 is 0 Å². The fraction of sp³-hybridized carbons (Fsp3) is 1.00. The molecule has 0 aliphatic carbocycles. The van der Waals surface area contributed by atoms with Gasteiger partial charge in [-0.3, -0.25) is 0 Å². The summed E-state index contributed by atoms with van der Waals surface area (Å²) < 4.78 is 11.3. The van der Waals surface area contributed by atoms with E-state index in [1.165, 1.54) is 0 Å². The van der Waals surface area contributed by atoms with Gasteiger partial charge in [0.1, 0.15) is 0 Å². The maximum absolute atomic E-state index is 5.66. The first kappa shape index (κ1) is 9.01. The van der Waals surface area contributed by atoms with Crippen LogP contribution in [-0.2, 0) is 9.47 Å². The molecule has 3 atom stereocenters. The summed E-state index contributed by atoms with van der Waals surface area (Å²) in [7, 11) is 0. The molecular formula is C9H18O2. The van der Waals surface area contributed by atoms with Crippen LogP contribution in [0.2, 0.25) is 0 Å². The smallest absolute Gasteiger partial charge is 0.160 e. The summed E-state index contributed by atoms with van der Waals surface area (Å²) in [6.07, 6.45) is 1.65. The Balaban J connectivity index is 2.43. The first-order chi connectivity index (χ1) is 5.15. The van der Waals surface area contributed by atoms with E-state index in [1.807, 2.05) is 0 Å². The number of ether oxygens (including phenoxy) is 2. The van der Waals surface area contributed by atoms with Crippen molar-refractivity contribution in [1.29, 1.82) is 0 Å². The van der Waals surface area contributed by atoms with Crippen molar-refractivity contribution in [3.8, 4) is 0 Å². The van der Waals surface area contributed by atoms with Crippen molar-refractivity contribution in [3.05, 3.63) is 0 Å². The summed E-state index contributed by atoms with van der Waals surface area (Å²) in [5.74, 6) is 0.467. The first-order valence-corrected chi connectivity index (χ1v) is 4.46. The second-order valence-corrected chi connectivity index (χ2v) is 3.54. The summed E-state index contributed by atoms with van der Waals surface area (Å²) in [5.41, 5.74) is 0. The molecule has 1 fully saturated rings. The average Bonchev–Trinajstić information content (AvgIpc) is 2.31. The molecule has 0 N–H and O–H groups in total. The van der Waals surface area contributed by atoms with Gasteiger partial charge in [-0.25, -0.2) is 0 Å². The molecule has 11 heavy (non-hydrogen) atoms. The van der Waals surface area contributed by atoms with Crippen LogP contribution in [0.4, 0.5) is 0 Å². The maximum atomic E-state index is 5.66. The van der Waals surface area contributed by atoms with Gasteiger partial charge in [0.05, 0.1) is 12.2 Å². The summed E-state index contributed by atoms with van der Waals surface area (Å²) in [5, 5.41) is 0. The van der Waals surface area contributed by atoms with Crippen molar-refractivity contribution in [2.45, 2.75) is 52.6 Å². The largest absolute Gasteiger partial charge is 0.347 e. The molecule has 0 aromatic carbocycles. The Hall–Kier alpha value is -0.0800. The van der Waals surface area contributed by atoms with Gasteiger partial charge in [0, 0.05) is 5.92 Å². The topological polar surface area (TPSA) is 18.5 Å². The molecule has 0 aromatic rings. The molecule has 0 bridgehead atoms. The van der Waals surface area contributed by atoms with Crippen LogP contribution in [0, 0.1) is 5.92 Å². The van der Waals surface area contributed by atoms with Crippen molar-refractivity contribution < 1.29 is 9.47 Å². The fourth-order valence-electron chi connectivity index (χ4n) is 1.36. The predicted octanol–water partition coefficient (Wildman–Crippen LogP) is 2.18. The molecule has 0 radical (unpaired) electrons. The van der Waals surface area contributed by atoms with Crippen LogP contribution in [0.3, 0.4) is 0 Å². The third-order valence-corrected chi connectivity index (χ3v) is 2.13. The highest BCUT2D eigenvalue weighted by molar-refractivity contribution is 4.73. The molecule has 1 aliphatic rings. The van der Waals surface area contributed by atoms with Crippen LogP contribution >= 0.6 is 0 Å². The molecule has 1 aliphatic heterocycles. The Morgan fingerprint density at radius 2 is 1.91 bits per heavy atom. The molecule has 0 saturated carbocycles. The van der Waals surface area contributed by atoms with Crippen LogP contribution in [0.15, 0.2) is 0 Å². The van der Waals surface area contributed by atoms with E-state index < -0.39 is 0 Å². The minimum Gasteiger partial charge on any atom is -0.347 e. The normalized spacial score (nSPS) is 38.5. The molecule has 0 amide bonds. The van der Waals surface area contributed by atoms with Crippen molar-refractivity contribution >= 4 is 0 Å². The second kappa shape index (κ2) is 3.55. The zero-order chi connectivity index (χ0) is 8.43. The van der Waals surface area contributed by atoms with Gasteiger partial charge < -0.3 is 9.47 Å². The quantitative estimate of drug-likeness (QED) is 0.613. The Kier molecular flexibility index (Phi) is 2.90. The van der Waals surface area contributed by atoms with Crippen LogP contribution in [0.5, 0.6) is 0 Å². The number of rotatable bonds is 2. The highest BCUT2D eigenvalue weighted by Crippen LogP contribution is 2.25. The van der Waals surface area contributed by atoms with Crippen LogP contribution < -0.4 is 0 Å². The van der Waals surface area contributed by atoms with Crippen molar-refractivity contribution in [2.24, 2.45) is 5.92 Å². The van der Waals surface area contributed by atoms with Gasteiger partial charge in [0.25, 0.3) is 0 Å². The summed E-state index contributed by atoms with van der Waals surface area (Å²) in [6, 6.07) is 0. The van der Waals surface area contributed by atoms with Gasteiger partial charge in [-0.2, -0.15) is 0 Å². The van der Waals surface area contributed by atoms with E-state index in [4.69, 9.17) is 9.47 Å². The Labute approximate surface area is 68.9 Å². The first-order valence-electron chi connectivity index (χ1n) is 4.46. The summed E-state index contributed by atoms with van der Waals surface area (Å²) >= 11 is 0. The van der Waals surface area contributed by atoms with E-state index in [1.54, 1.807) is 0 Å². The molecule has 1 rings (SSSR count). The second-order valence-electron chi connectivity index (χ2n) is 3.54. The minimum atomic E-state index is 0.0231. The lowest BCUT2D eigenvalue weighted by atomic mass is 10.2. The maximum Gasteiger partial charge on any atom is 0.160 e. The molecule has 2 nitrogen and oxygen atoms in total. The monoisotopic (exact) mass is 158 g/mol. The van der Waals surface area contributed by atoms with Crippen molar-refractivity contribution in [1.82, 2.24) is 0 Å². The van der Waals surface area contributed by atoms with Gasteiger partial charge in [0.15, 0.2) is 6.29 Å². The third kappa shape index (κ3) is 1.94. The highest BCUT2D eigenvalue weighted by Gasteiger charge is 2.32. The fourth-order valence-corrected chi connectivity index (χ4v) is 1.36. The van der Waals surface area contributed by atoms with E-state index in [0.717, 1.165) is 6.42 Å². The van der Waals surface area contributed by atoms with E-state index in [9.17, 15) is 0 Å². The van der Waals surface area contributed by atoms with Gasteiger partial charge in [-0.1, -0.05) is 20.8 Å². The zero-order valence-electron chi connectivity index (χ0n) is 7.83. The van der Waals surface area contributed by atoms with Gasteiger partial charge in [-0.15, -0.1) is 0 Å². The van der Waals surface area contributed by atoms with Gasteiger partial charge in [-0.05, 0) is 13.3 Å². The van der Waals surface area contributed by atoms with Crippen LogP contribution in [0.25, 0.3) is 0 Å². The molecular weight excluding hydrogens is 140 g/mol. The Morgan fingerprint density at radius 1 is 1.27 bits per heavy atom. The molecule has 1 unspecified atom stereocenters. The molecule has 2 heteroatoms. The third-order valence-electron chi connectivity index (χ3n) is 2.13. The Morgan fingerprint density at radius 3 is 2.18 bits per heavy atom. The summed E-state index contributed by atoms with van der Waals surface area (Å²) in [6.45, 7) is 8.45. The Bertz CT molecular complexity index is 123. The highest BCUT2D eigenvalue weighted by atomic mass is 16.7. The minimum absolute atomic E-state index is 0.0231. The molecule has 0 spiro atoms. The lowest BCUT2D eigenvalue weighted by molar-refractivity contribution is -0.0938. The van der Waals surface area contributed by atoms with Gasteiger partial charge >= 0.3 is 0 Å². The summed E-state index contributed by atoms with van der Waals surface area (Å²) in [4.78, 5) is 0. The molecule has 0 aromatic heterocycles. The van der Waals surface area contributed by atoms with E-state index in [2.05, 4.69) is 27.7 Å². The van der Waals surface area contributed by atoms with E-state index in [0.29, 0.717) is 12.0 Å². The van der Waals surface area contributed by atoms with E-state index in [-0.39, 0.29) is 12.4 Å².